The standard InChI is InChI=1S/C13H16FNO3/c1-12(2,11(16)17)8-3-4-9(10(14)5-8)13(15)6-18-7-13/h3-5H,6-7,15H2,1-2H3,(H,16,17). The Bertz CT molecular complexity index is 495. The molecule has 98 valence electrons. The minimum atomic E-state index is -1.13. The lowest BCUT2D eigenvalue weighted by Gasteiger charge is -2.38. The van der Waals surface area contributed by atoms with Crippen molar-refractivity contribution in [2.45, 2.75) is 24.8 Å². The maximum Gasteiger partial charge on any atom is 0.313 e. The molecule has 1 aliphatic rings. The van der Waals surface area contributed by atoms with Crippen LogP contribution in [0.1, 0.15) is 25.0 Å². The third kappa shape index (κ3) is 1.89. The lowest BCUT2D eigenvalue weighted by Crippen LogP contribution is -2.54. The summed E-state index contributed by atoms with van der Waals surface area (Å²) in [4.78, 5) is 11.1. The normalized spacial score (nSPS) is 18.2. The SMILES string of the molecule is CC(C)(C(=O)O)c1ccc(C2(N)COC2)c(F)c1. The number of hydrogen-bond acceptors (Lipinski definition) is 3. The topological polar surface area (TPSA) is 72.5 Å². The Kier molecular flexibility index (Phi) is 2.91. The number of rotatable bonds is 3. The zero-order valence-corrected chi connectivity index (χ0v) is 10.4. The first-order valence-electron chi connectivity index (χ1n) is 5.68. The van der Waals surface area contributed by atoms with Crippen LogP contribution in [0.4, 0.5) is 4.39 Å². The highest BCUT2D eigenvalue weighted by Gasteiger charge is 2.39. The minimum absolute atomic E-state index is 0.283. The minimum Gasteiger partial charge on any atom is -0.481 e. The molecule has 0 radical (unpaired) electrons. The van der Waals surface area contributed by atoms with E-state index in [4.69, 9.17) is 15.6 Å². The van der Waals surface area contributed by atoms with Gasteiger partial charge >= 0.3 is 5.97 Å². The molecule has 1 aliphatic heterocycles. The molecule has 1 aromatic rings. The van der Waals surface area contributed by atoms with E-state index in [1.54, 1.807) is 12.1 Å². The predicted octanol–water partition coefficient (Wildman–Crippen LogP) is 1.37. The number of carboxylic acid groups (broad SMARTS) is 1. The van der Waals surface area contributed by atoms with E-state index < -0.39 is 22.7 Å². The Morgan fingerprint density at radius 1 is 1.50 bits per heavy atom. The molecule has 4 nitrogen and oxygen atoms in total. The van der Waals surface area contributed by atoms with Crippen LogP contribution in [0.3, 0.4) is 0 Å². The Balaban J connectivity index is 2.39. The Hall–Kier alpha value is -1.46. The molecule has 0 aromatic heterocycles. The number of halogens is 1. The number of carbonyl (C=O) groups is 1. The van der Waals surface area contributed by atoms with Crippen molar-refractivity contribution in [2.75, 3.05) is 13.2 Å². The second-order valence-electron chi connectivity index (χ2n) is 5.27. The molecule has 5 heteroatoms. The van der Waals surface area contributed by atoms with E-state index in [-0.39, 0.29) is 13.2 Å². The van der Waals surface area contributed by atoms with Crippen LogP contribution < -0.4 is 5.73 Å². The van der Waals surface area contributed by atoms with Gasteiger partial charge in [0, 0.05) is 5.56 Å². The van der Waals surface area contributed by atoms with Crippen LogP contribution in [0, 0.1) is 5.82 Å². The van der Waals surface area contributed by atoms with E-state index in [1.807, 2.05) is 0 Å². The van der Waals surface area contributed by atoms with E-state index in [9.17, 15) is 9.18 Å². The van der Waals surface area contributed by atoms with Crippen LogP contribution in [0.5, 0.6) is 0 Å². The van der Waals surface area contributed by atoms with Crippen molar-refractivity contribution in [3.05, 3.63) is 35.1 Å². The van der Waals surface area contributed by atoms with Crippen molar-refractivity contribution in [3.8, 4) is 0 Å². The monoisotopic (exact) mass is 253 g/mol. The number of nitrogens with two attached hydrogens (primary N) is 1. The van der Waals surface area contributed by atoms with E-state index in [1.165, 1.54) is 19.9 Å². The molecule has 3 N–H and O–H groups in total. The number of benzene rings is 1. The lowest BCUT2D eigenvalue weighted by atomic mass is 9.81. The van der Waals surface area contributed by atoms with Gasteiger partial charge < -0.3 is 15.6 Å². The van der Waals surface area contributed by atoms with Gasteiger partial charge in [0.25, 0.3) is 0 Å². The first-order valence-corrected chi connectivity index (χ1v) is 5.68. The van der Waals surface area contributed by atoms with Crippen LogP contribution in [0.25, 0.3) is 0 Å². The first-order chi connectivity index (χ1) is 8.27. The molecule has 0 aliphatic carbocycles. The third-order valence-electron chi connectivity index (χ3n) is 3.48. The zero-order valence-electron chi connectivity index (χ0n) is 10.4. The van der Waals surface area contributed by atoms with Gasteiger partial charge in [0.15, 0.2) is 0 Å². The van der Waals surface area contributed by atoms with E-state index >= 15 is 0 Å². The largest absolute Gasteiger partial charge is 0.481 e. The molecule has 2 rings (SSSR count). The fraction of sp³-hybridized carbons (Fsp3) is 0.462. The molecule has 0 amide bonds. The Labute approximate surface area is 105 Å². The summed E-state index contributed by atoms with van der Waals surface area (Å²) in [5.74, 6) is -1.48. The average molecular weight is 253 g/mol. The van der Waals surface area contributed by atoms with Gasteiger partial charge in [0.2, 0.25) is 0 Å². The van der Waals surface area contributed by atoms with Gasteiger partial charge in [-0.15, -0.1) is 0 Å². The number of ether oxygens (including phenoxy) is 1. The first kappa shape index (κ1) is 13.0. The van der Waals surface area contributed by atoms with Gasteiger partial charge in [-0.25, -0.2) is 4.39 Å². The molecular formula is C13H16FNO3. The molecule has 0 bridgehead atoms. The summed E-state index contributed by atoms with van der Waals surface area (Å²) >= 11 is 0. The highest BCUT2D eigenvalue weighted by molar-refractivity contribution is 5.80. The van der Waals surface area contributed by atoms with Crippen LogP contribution in [-0.2, 0) is 20.5 Å². The highest BCUT2D eigenvalue weighted by Crippen LogP contribution is 2.32. The smallest absolute Gasteiger partial charge is 0.313 e. The molecule has 1 aromatic carbocycles. The molecule has 18 heavy (non-hydrogen) atoms. The summed E-state index contributed by atoms with van der Waals surface area (Å²) in [5.41, 5.74) is 4.84. The van der Waals surface area contributed by atoms with Crippen LogP contribution >= 0.6 is 0 Å². The molecule has 0 unspecified atom stereocenters. The zero-order chi connectivity index (χ0) is 13.6. The Morgan fingerprint density at radius 2 is 2.11 bits per heavy atom. The maximum atomic E-state index is 14.0. The summed E-state index contributed by atoms with van der Waals surface area (Å²) in [6.07, 6.45) is 0. The van der Waals surface area contributed by atoms with Crippen molar-refractivity contribution in [1.82, 2.24) is 0 Å². The predicted molar refractivity (Wildman–Crippen MR) is 63.7 cm³/mol. The van der Waals surface area contributed by atoms with Gasteiger partial charge in [0.1, 0.15) is 5.82 Å². The van der Waals surface area contributed by atoms with Crippen molar-refractivity contribution in [2.24, 2.45) is 5.73 Å². The molecule has 0 atom stereocenters. The summed E-state index contributed by atoms with van der Waals surface area (Å²) in [6, 6.07) is 4.41. The van der Waals surface area contributed by atoms with Crippen LogP contribution in [-0.4, -0.2) is 24.3 Å². The third-order valence-corrected chi connectivity index (χ3v) is 3.48. The summed E-state index contributed by atoms with van der Waals surface area (Å²) in [7, 11) is 0. The van der Waals surface area contributed by atoms with Crippen LogP contribution in [0.15, 0.2) is 18.2 Å². The van der Waals surface area contributed by atoms with Gasteiger partial charge in [-0.1, -0.05) is 12.1 Å². The molecular weight excluding hydrogens is 237 g/mol. The van der Waals surface area contributed by atoms with E-state index in [0.717, 1.165) is 0 Å². The van der Waals surface area contributed by atoms with E-state index in [0.29, 0.717) is 11.1 Å². The molecule has 0 saturated carbocycles. The lowest BCUT2D eigenvalue weighted by molar-refractivity contribution is -0.142. The van der Waals surface area contributed by atoms with Crippen molar-refractivity contribution in [1.29, 1.82) is 0 Å². The van der Waals surface area contributed by atoms with Gasteiger partial charge in [0.05, 0.1) is 24.2 Å². The average Bonchev–Trinajstić information content (AvgIpc) is 2.25. The quantitative estimate of drug-likeness (QED) is 0.853. The molecule has 1 saturated heterocycles. The fourth-order valence-electron chi connectivity index (χ4n) is 1.91. The van der Waals surface area contributed by atoms with Gasteiger partial charge in [-0.3, -0.25) is 4.79 Å². The van der Waals surface area contributed by atoms with Crippen LogP contribution in [0.2, 0.25) is 0 Å². The summed E-state index contributed by atoms with van der Waals surface area (Å²) in [5, 5.41) is 9.10. The second-order valence-corrected chi connectivity index (χ2v) is 5.27. The van der Waals surface area contributed by atoms with Gasteiger partial charge in [-0.05, 0) is 25.5 Å². The highest BCUT2D eigenvalue weighted by atomic mass is 19.1. The number of aliphatic carboxylic acids is 1. The van der Waals surface area contributed by atoms with E-state index in [2.05, 4.69) is 0 Å². The molecule has 1 fully saturated rings. The van der Waals surface area contributed by atoms with Crippen molar-refractivity contribution in [3.63, 3.8) is 0 Å². The second kappa shape index (κ2) is 4.03. The van der Waals surface area contributed by atoms with Crippen molar-refractivity contribution >= 4 is 5.97 Å². The Morgan fingerprint density at radius 3 is 2.50 bits per heavy atom. The molecule has 0 spiro atoms. The fourth-order valence-corrected chi connectivity index (χ4v) is 1.91. The molecule has 1 heterocycles. The van der Waals surface area contributed by atoms with Gasteiger partial charge in [-0.2, -0.15) is 0 Å². The summed E-state index contributed by atoms with van der Waals surface area (Å²) in [6.45, 7) is 3.64. The summed E-state index contributed by atoms with van der Waals surface area (Å²) < 4.78 is 19.0. The van der Waals surface area contributed by atoms with Crippen molar-refractivity contribution < 1.29 is 19.0 Å². The number of carboxylic acids is 1. The maximum absolute atomic E-state index is 14.0. The number of hydrogen-bond donors (Lipinski definition) is 2.